The van der Waals surface area contributed by atoms with Crippen LogP contribution in [0.15, 0.2) is 18.2 Å². The molecule has 0 fully saturated rings. The van der Waals surface area contributed by atoms with Crippen molar-refractivity contribution in [1.82, 2.24) is 0 Å². The van der Waals surface area contributed by atoms with E-state index in [9.17, 15) is 4.79 Å². The molecule has 0 unspecified atom stereocenters. The van der Waals surface area contributed by atoms with Gasteiger partial charge in [0.05, 0.1) is 23.9 Å². The van der Waals surface area contributed by atoms with E-state index < -0.39 is 0 Å². The molecule has 0 bridgehead atoms. The fourth-order valence-corrected chi connectivity index (χ4v) is 2.88. The summed E-state index contributed by atoms with van der Waals surface area (Å²) in [5, 5.41) is 0. The molecule has 1 aromatic carbocycles. The van der Waals surface area contributed by atoms with Crippen LogP contribution in [-0.2, 0) is 4.74 Å². The Morgan fingerprint density at radius 3 is 2.68 bits per heavy atom. The summed E-state index contributed by atoms with van der Waals surface area (Å²) in [6.45, 7) is 6.59. The highest BCUT2D eigenvalue weighted by Gasteiger charge is 2.38. The van der Waals surface area contributed by atoms with Crippen LogP contribution in [0.5, 0.6) is 5.75 Å². The van der Waals surface area contributed by atoms with Gasteiger partial charge in [-0.3, -0.25) is 0 Å². The van der Waals surface area contributed by atoms with Crippen molar-refractivity contribution in [1.29, 1.82) is 0 Å². The molecule has 1 aromatic rings. The largest absolute Gasteiger partial charge is 0.497 e. The van der Waals surface area contributed by atoms with E-state index in [0.717, 1.165) is 16.8 Å². The zero-order valence-corrected chi connectivity index (χ0v) is 11.6. The highest BCUT2D eigenvalue weighted by atomic mass is 16.5. The number of carbonyl (C=O) groups is 1. The van der Waals surface area contributed by atoms with E-state index in [1.165, 1.54) is 0 Å². The predicted octanol–water partition coefficient (Wildman–Crippen LogP) is 2.83. The van der Waals surface area contributed by atoms with E-state index in [1.54, 1.807) is 13.2 Å². The number of carbonyl (C=O) groups excluding carboxylic acids is 1. The van der Waals surface area contributed by atoms with Crippen LogP contribution >= 0.6 is 0 Å². The molecule has 0 saturated heterocycles. The highest BCUT2D eigenvalue weighted by molar-refractivity contribution is 6.02. The second kappa shape index (κ2) is 3.76. The number of ether oxygens (including phenoxy) is 2. The third-order valence-electron chi connectivity index (χ3n) is 3.82. The molecule has 19 heavy (non-hydrogen) atoms. The fraction of sp³-hybridized carbons (Fsp3) is 0.400. The number of hydrogen-bond acceptors (Lipinski definition) is 4. The number of anilines is 1. The molecule has 0 saturated carbocycles. The van der Waals surface area contributed by atoms with Gasteiger partial charge in [-0.1, -0.05) is 6.08 Å². The van der Waals surface area contributed by atoms with Crippen LogP contribution in [0, 0.1) is 0 Å². The monoisotopic (exact) mass is 259 g/mol. The molecule has 0 atom stereocenters. The first-order valence-electron chi connectivity index (χ1n) is 6.30. The summed E-state index contributed by atoms with van der Waals surface area (Å²) in [7, 11) is 1.60. The smallest absolute Gasteiger partial charge is 0.342 e. The number of rotatable bonds is 1. The second-order valence-corrected chi connectivity index (χ2v) is 5.54. The summed E-state index contributed by atoms with van der Waals surface area (Å²) in [5.41, 5.74) is 3.58. The van der Waals surface area contributed by atoms with Crippen LogP contribution in [0.4, 0.5) is 5.69 Å². The highest BCUT2D eigenvalue weighted by Crippen LogP contribution is 2.44. The predicted molar refractivity (Wildman–Crippen MR) is 73.5 cm³/mol. The van der Waals surface area contributed by atoms with Crippen LogP contribution in [0.3, 0.4) is 0 Å². The minimum absolute atomic E-state index is 0.166. The first-order valence-corrected chi connectivity index (χ1v) is 6.30. The zero-order valence-electron chi connectivity index (χ0n) is 11.6. The summed E-state index contributed by atoms with van der Waals surface area (Å²) in [5.74, 6) is 0.400. The van der Waals surface area contributed by atoms with Gasteiger partial charge in [0.2, 0.25) is 0 Å². The van der Waals surface area contributed by atoms with E-state index in [-0.39, 0.29) is 11.5 Å². The quantitative estimate of drug-likeness (QED) is 0.727. The molecule has 0 N–H and O–H groups in total. The van der Waals surface area contributed by atoms with Gasteiger partial charge >= 0.3 is 5.97 Å². The maximum atomic E-state index is 12.0. The van der Waals surface area contributed by atoms with Gasteiger partial charge < -0.3 is 14.4 Å². The van der Waals surface area contributed by atoms with Crippen molar-refractivity contribution < 1.29 is 14.3 Å². The van der Waals surface area contributed by atoms with Crippen molar-refractivity contribution in [2.24, 2.45) is 0 Å². The maximum absolute atomic E-state index is 12.0. The maximum Gasteiger partial charge on any atom is 0.342 e. The second-order valence-electron chi connectivity index (χ2n) is 5.54. The third-order valence-corrected chi connectivity index (χ3v) is 3.82. The Labute approximate surface area is 112 Å². The lowest BCUT2D eigenvalue weighted by Gasteiger charge is -2.45. The summed E-state index contributed by atoms with van der Waals surface area (Å²) >= 11 is 0. The van der Waals surface area contributed by atoms with Crippen molar-refractivity contribution in [2.45, 2.75) is 26.3 Å². The van der Waals surface area contributed by atoms with Crippen LogP contribution in [0.25, 0.3) is 5.57 Å². The van der Waals surface area contributed by atoms with Crippen molar-refractivity contribution in [3.05, 3.63) is 29.3 Å². The summed E-state index contributed by atoms with van der Waals surface area (Å²) < 4.78 is 10.5. The number of hydrogen-bond donors (Lipinski definition) is 0. The molecule has 0 amide bonds. The molecule has 0 spiro atoms. The van der Waals surface area contributed by atoms with E-state index in [0.29, 0.717) is 18.0 Å². The van der Waals surface area contributed by atoms with E-state index >= 15 is 0 Å². The molecule has 2 aliphatic heterocycles. The van der Waals surface area contributed by atoms with Gasteiger partial charge in [-0.15, -0.1) is 0 Å². The van der Waals surface area contributed by atoms with Gasteiger partial charge in [-0.05, 0) is 38.5 Å². The first-order chi connectivity index (χ1) is 8.94. The Morgan fingerprint density at radius 2 is 2.00 bits per heavy atom. The van der Waals surface area contributed by atoms with Crippen molar-refractivity contribution in [2.75, 3.05) is 18.7 Å². The van der Waals surface area contributed by atoms with E-state index in [2.05, 4.69) is 31.7 Å². The SMILES string of the molecule is COc1cc2c3c(c1)C(C)=CC(C)(C)N3COC2=O. The van der Waals surface area contributed by atoms with Gasteiger partial charge in [-0.25, -0.2) is 4.79 Å². The lowest BCUT2D eigenvalue weighted by Crippen LogP contribution is -2.49. The van der Waals surface area contributed by atoms with Crippen molar-refractivity contribution in [3.8, 4) is 5.75 Å². The van der Waals surface area contributed by atoms with Crippen LogP contribution in [-0.4, -0.2) is 25.3 Å². The molecule has 100 valence electrons. The first kappa shape index (κ1) is 12.1. The number of benzene rings is 1. The third kappa shape index (κ3) is 1.63. The number of methoxy groups -OCH3 is 1. The average molecular weight is 259 g/mol. The molecule has 0 radical (unpaired) electrons. The minimum Gasteiger partial charge on any atom is -0.497 e. The molecule has 0 aliphatic carbocycles. The molecule has 2 heterocycles. The fourth-order valence-electron chi connectivity index (χ4n) is 2.88. The van der Waals surface area contributed by atoms with Gasteiger partial charge in [-0.2, -0.15) is 0 Å². The summed E-state index contributed by atoms with van der Waals surface area (Å²) in [6.07, 6.45) is 2.19. The lowest BCUT2D eigenvalue weighted by atomic mass is 9.87. The van der Waals surface area contributed by atoms with Gasteiger partial charge in [0.15, 0.2) is 6.73 Å². The normalized spacial score (nSPS) is 19.5. The average Bonchev–Trinajstić information content (AvgIpc) is 2.36. The number of nitrogens with zero attached hydrogens (tertiary/aromatic N) is 1. The Morgan fingerprint density at radius 1 is 1.32 bits per heavy atom. The zero-order chi connectivity index (χ0) is 13.8. The minimum atomic E-state index is -0.281. The van der Waals surface area contributed by atoms with Gasteiger partial charge in [0.25, 0.3) is 0 Å². The number of cyclic esters (lactones) is 1. The topological polar surface area (TPSA) is 38.8 Å². The molecule has 4 heteroatoms. The molecule has 0 aromatic heterocycles. The molecule has 2 aliphatic rings. The standard InChI is InChI=1S/C15H17NO3/c1-9-7-15(2,3)16-8-19-14(17)12-6-10(18-4)5-11(9)13(12)16/h5-7H,8H2,1-4H3. The van der Waals surface area contributed by atoms with Crippen LogP contribution in [0.1, 0.15) is 36.7 Å². The van der Waals surface area contributed by atoms with Gasteiger partial charge in [0, 0.05) is 5.56 Å². The Balaban J connectivity index is 2.33. The molecule has 3 rings (SSSR count). The molecular formula is C15H17NO3. The van der Waals surface area contributed by atoms with Crippen molar-refractivity contribution >= 4 is 17.2 Å². The summed E-state index contributed by atoms with van der Waals surface area (Å²) in [6, 6.07) is 3.73. The molecule has 4 nitrogen and oxygen atoms in total. The van der Waals surface area contributed by atoms with Crippen LogP contribution in [0.2, 0.25) is 0 Å². The van der Waals surface area contributed by atoms with E-state index in [1.807, 2.05) is 6.07 Å². The van der Waals surface area contributed by atoms with E-state index in [4.69, 9.17) is 9.47 Å². The Kier molecular flexibility index (Phi) is 2.39. The molecular weight excluding hydrogens is 242 g/mol. The number of esters is 1. The lowest BCUT2D eigenvalue weighted by molar-refractivity contribution is 0.0462. The van der Waals surface area contributed by atoms with Crippen LogP contribution < -0.4 is 9.64 Å². The Bertz CT molecular complexity index is 602. The van der Waals surface area contributed by atoms with Gasteiger partial charge in [0.1, 0.15) is 5.75 Å². The Hall–Kier alpha value is -1.97. The number of allylic oxidation sites excluding steroid dienone is 1. The van der Waals surface area contributed by atoms with Crippen molar-refractivity contribution in [3.63, 3.8) is 0 Å². The summed E-state index contributed by atoms with van der Waals surface area (Å²) in [4.78, 5) is 14.1.